The minimum Gasteiger partial charge on any atom is -0.497 e. The van der Waals surface area contributed by atoms with Gasteiger partial charge < -0.3 is 18.8 Å². The fourth-order valence-electron chi connectivity index (χ4n) is 4.03. The van der Waals surface area contributed by atoms with Crippen molar-refractivity contribution in [2.75, 3.05) is 27.4 Å². The number of amides is 1. The van der Waals surface area contributed by atoms with Crippen LogP contribution < -0.4 is 10.2 Å². The number of rotatable bonds is 5. The Morgan fingerprint density at radius 3 is 2.45 bits per heavy atom. The molecule has 6 nitrogen and oxygen atoms in total. The molecule has 0 aliphatic carbocycles. The number of hydrogen-bond acceptors (Lipinski definition) is 5. The van der Waals surface area contributed by atoms with E-state index < -0.39 is 6.04 Å². The molecule has 3 aromatic rings. The monoisotopic (exact) mass is 393 g/mol. The number of hydrogen-bond donors (Lipinski definition) is 0. The van der Waals surface area contributed by atoms with E-state index in [1.165, 1.54) is 0 Å². The highest BCUT2D eigenvalue weighted by Crippen LogP contribution is 2.38. The minimum atomic E-state index is -0.528. The van der Waals surface area contributed by atoms with Gasteiger partial charge in [-0.25, -0.2) is 0 Å². The Morgan fingerprint density at radius 1 is 1.07 bits per heavy atom. The molecule has 1 aromatic heterocycles. The summed E-state index contributed by atoms with van der Waals surface area (Å²) in [5, 5.41) is 0.501. The molecule has 6 heteroatoms. The summed E-state index contributed by atoms with van der Waals surface area (Å²) in [6.07, 6.45) is 0. The number of ether oxygens (including phenoxy) is 2. The number of carbonyl (C=O) groups excluding carboxylic acids is 1. The summed E-state index contributed by atoms with van der Waals surface area (Å²) in [7, 11) is 3.18. The van der Waals surface area contributed by atoms with Crippen LogP contribution in [-0.4, -0.2) is 38.2 Å². The van der Waals surface area contributed by atoms with E-state index in [1.54, 1.807) is 19.1 Å². The van der Waals surface area contributed by atoms with Gasteiger partial charge in [0.2, 0.25) is 5.76 Å². The fourth-order valence-corrected chi connectivity index (χ4v) is 4.03. The van der Waals surface area contributed by atoms with Crippen molar-refractivity contribution >= 4 is 16.9 Å². The predicted octanol–water partition coefficient (Wildman–Crippen LogP) is 3.61. The summed E-state index contributed by atoms with van der Waals surface area (Å²) < 4.78 is 16.5. The first-order valence-electron chi connectivity index (χ1n) is 9.48. The standard InChI is InChI=1S/C23H23NO5/c1-13-11-14(2)21-17(12-13)20(25)18-19(15-5-7-16(28-4)8-6-15)24(9-10-27-3)23(26)22(18)29-21/h5-8,11-12,19H,9-10H2,1-4H3. The molecule has 0 N–H and O–H groups in total. The number of fused-ring (bicyclic) bond motifs is 2. The lowest BCUT2D eigenvalue weighted by atomic mass is 9.97. The topological polar surface area (TPSA) is 69.0 Å². The zero-order valence-corrected chi connectivity index (χ0v) is 16.9. The van der Waals surface area contributed by atoms with Crippen LogP contribution >= 0.6 is 0 Å². The van der Waals surface area contributed by atoms with Crippen molar-refractivity contribution in [2.24, 2.45) is 0 Å². The predicted molar refractivity (Wildman–Crippen MR) is 110 cm³/mol. The Morgan fingerprint density at radius 2 is 1.79 bits per heavy atom. The molecule has 29 heavy (non-hydrogen) atoms. The van der Waals surface area contributed by atoms with Gasteiger partial charge in [-0.3, -0.25) is 9.59 Å². The molecule has 4 rings (SSSR count). The number of carbonyl (C=O) groups is 1. The van der Waals surface area contributed by atoms with Crippen molar-refractivity contribution in [3.05, 3.63) is 74.6 Å². The second-order valence-corrected chi connectivity index (χ2v) is 7.30. The van der Waals surface area contributed by atoms with E-state index in [0.717, 1.165) is 16.7 Å². The maximum absolute atomic E-state index is 13.5. The van der Waals surface area contributed by atoms with Gasteiger partial charge in [-0.15, -0.1) is 0 Å². The lowest BCUT2D eigenvalue weighted by Gasteiger charge is -2.24. The van der Waals surface area contributed by atoms with Crippen LogP contribution in [0.5, 0.6) is 5.75 Å². The Kier molecular flexibility index (Phi) is 4.88. The molecule has 150 valence electrons. The van der Waals surface area contributed by atoms with Gasteiger partial charge in [0.15, 0.2) is 5.43 Å². The number of aryl methyl sites for hydroxylation is 2. The van der Waals surface area contributed by atoms with E-state index in [2.05, 4.69) is 0 Å². The van der Waals surface area contributed by atoms with Crippen LogP contribution in [0.3, 0.4) is 0 Å². The molecule has 2 heterocycles. The molecular formula is C23H23NO5. The van der Waals surface area contributed by atoms with Crippen LogP contribution in [0.4, 0.5) is 0 Å². The van der Waals surface area contributed by atoms with Gasteiger partial charge in [0, 0.05) is 13.7 Å². The molecule has 1 aliphatic heterocycles. The summed E-state index contributed by atoms with van der Waals surface area (Å²) in [5.41, 5.74) is 3.32. The van der Waals surface area contributed by atoms with Gasteiger partial charge in [-0.1, -0.05) is 18.2 Å². The second-order valence-electron chi connectivity index (χ2n) is 7.30. The lowest BCUT2D eigenvalue weighted by Crippen LogP contribution is -2.32. The highest BCUT2D eigenvalue weighted by atomic mass is 16.5. The van der Waals surface area contributed by atoms with E-state index in [9.17, 15) is 9.59 Å². The first kappa shape index (κ1) is 19.2. The molecule has 2 aromatic carbocycles. The molecule has 0 bridgehead atoms. The van der Waals surface area contributed by atoms with Crippen molar-refractivity contribution in [3.63, 3.8) is 0 Å². The van der Waals surface area contributed by atoms with Crippen molar-refractivity contribution in [1.82, 2.24) is 4.90 Å². The maximum atomic E-state index is 13.5. The molecule has 0 spiro atoms. The van der Waals surface area contributed by atoms with Crippen LogP contribution in [0.2, 0.25) is 0 Å². The summed E-state index contributed by atoms with van der Waals surface area (Å²) in [6, 6.07) is 10.6. The van der Waals surface area contributed by atoms with Crippen LogP contribution in [0.25, 0.3) is 11.0 Å². The van der Waals surface area contributed by atoms with Gasteiger partial charge in [0.25, 0.3) is 5.91 Å². The van der Waals surface area contributed by atoms with Gasteiger partial charge in [0.05, 0.1) is 30.7 Å². The molecule has 1 aliphatic rings. The van der Waals surface area contributed by atoms with E-state index >= 15 is 0 Å². The van der Waals surface area contributed by atoms with Crippen LogP contribution in [0.1, 0.15) is 38.9 Å². The van der Waals surface area contributed by atoms with Crippen molar-refractivity contribution < 1.29 is 18.7 Å². The van der Waals surface area contributed by atoms with Crippen LogP contribution in [0, 0.1) is 13.8 Å². The zero-order chi connectivity index (χ0) is 20.7. The summed E-state index contributed by atoms with van der Waals surface area (Å²) in [5.74, 6) is 0.529. The van der Waals surface area contributed by atoms with E-state index in [4.69, 9.17) is 13.9 Å². The van der Waals surface area contributed by atoms with Crippen molar-refractivity contribution in [1.29, 1.82) is 0 Å². The molecule has 1 amide bonds. The first-order chi connectivity index (χ1) is 14.0. The van der Waals surface area contributed by atoms with E-state index in [-0.39, 0.29) is 17.1 Å². The largest absolute Gasteiger partial charge is 0.497 e. The number of nitrogens with zero attached hydrogens (tertiary/aromatic N) is 1. The second kappa shape index (κ2) is 7.37. The molecule has 0 saturated heterocycles. The highest BCUT2D eigenvalue weighted by Gasteiger charge is 2.42. The summed E-state index contributed by atoms with van der Waals surface area (Å²) >= 11 is 0. The normalized spacial score (nSPS) is 15.8. The fraction of sp³-hybridized carbons (Fsp3) is 0.304. The van der Waals surface area contributed by atoms with Crippen LogP contribution in [0.15, 0.2) is 45.6 Å². The lowest BCUT2D eigenvalue weighted by molar-refractivity contribution is 0.0663. The Balaban J connectivity index is 1.97. The smallest absolute Gasteiger partial charge is 0.290 e. The van der Waals surface area contributed by atoms with Crippen molar-refractivity contribution in [3.8, 4) is 5.75 Å². The highest BCUT2D eigenvalue weighted by molar-refractivity contribution is 5.99. The Bertz CT molecular complexity index is 1150. The van der Waals surface area contributed by atoms with Gasteiger partial charge in [0.1, 0.15) is 11.3 Å². The molecule has 0 saturated carbocycles. The SMILES string of the molecule is COCCN1C(=O)c2oc3c(C)cc(C)cc3c(=O)c2C1c1ccc(OC)cc1. The molecule has 1 atom stereocenters. The summed E-state index contributed by atoms with van der Waals surface area (Å²) in [6.45, 7) is 4.53. The minimum absolute atomic E-state index is 0.117. The number of benzene rings is 2. The Hall–Kier alpha value is -3.12. The van der Waals surface area contributed by atoms with Crippen molar-refractivity contribution in [2.45, 2.75) is 19.9 Å². The molecule has 1 unspecified atom stereocenters. The maximum Gasteiger partial charge on any atom is 0.290 e. The van der Waals surface area contributed by atoms with Gasteiger partial charge in [-0.2, -0.15) is 0 Å². The number of methoxy groups -OCH3 is 2. The van der Waals surface area contributed by atoms with E-state index in [0.29, 0.717) is 35.4 Å². The third-order valence-corrected chi connectivity index (χ3v) is 5.37. The van der Waals surface area contributed by atoms with Gasteiger partial charge >= 0.3 is 0 Å². The Labute approximate surface area is 168 Å². The van der Waals surface area contributed by atoms with Gasteiger partial charge in [-0.05, 0) is 48.7 Å². The third-order valence-electron chi connectivity index (χ3n) is 5.37. The van der Waals surface area contributed by atoms with E-state index in [1.807, 2.05) is 50.2 Å². The molecule has 0 fully saturated rings. The summed E-state index contributed by atoms with van der Waals surface area (Å²) in [4.78, 5) is 28.3. The first-order valence-corrected chi connectivity index (χ1v) is 9.48. The quantitative estimate of drug-likeness (QED) is 0.662. The zero-order valence-electron chi connectivity index (χ0n) is 16.9. The third kappa shape index (κ3) is 3.09. The molecule has 0 radical (unpaired) electrons. The average Bonchev–Trinajstić information content (AvgIpc) is 2.99. The molecular weight excluding hydrogens is 370 g/mol. The average molecular weight is 393 g/mol. The van der Waals surface area contributed by atoms with Crippen LogP contribution in [-0.2, 0) is 4.74 Å².